The van der Waals surface area contributed by atoms with Crippen molar-refractivity contribution in [3.8, 4) is 0 Å². The Kier molecular flexibility index (Phi) is 4.35. The number of hydrogen-bond donors (Lipinski definition) is 1. The van der Waals surface area contributed by atoms with Crippen molar-refractivity contribution in [2.24, 2.45) is 5.92 Å². The first kappa shape index (κ1) is 13.9. The molecule has 0 bridgehead atoms. The van der Waals surface area contributed by atoms with Crippen molar-refractivity contribution in [1.82, 2.24) is 5.32 Å². The van der Waals surface area contributed by atoms with E-state index < -0.39 is 11.6 Å². The van der Waals surface area contributed by atoms with E-state index in [0.717, 1.165) is 6.42 Å². The minimum absolute atomic E-state index is 0.148. The number of rotatable bonds is 3. The lowest BCUT2D eigenvalue weighted by molar-refractivity contribution is 0.117. The molecule has 2 nitrogen and oxygen atoms in total. The van der Waals surface area contributed by atoms with Gasteiger partial charge in [0.1, 0.15) is 11.6 Å². The lowest BCUT2D eigenvalue weighted by Gasteiger charge is -2.23. The van der Waals surface area contributed by atoms with Gasteiger partial charge in [0.05, 0.1) is 17.2 Å². The van der Waals surface area contributed by atoms with Gasteiger partial charge >= 0.3 is 0 Å². The van der Waals surface area contributed by atoms with Crippen molar-refractivity contribution in [3.63, 3.8) is 0 Å². The smallest absolute Gasteiger partial charge is 0.137 e. The molecular weight excluding hydrogens is 304 g/mol. The van der Waals surface area contributed by atoms with Gasteiger partial charge in [-0.3, -0.25) is 0 Å². The molecule has 1 aromatic carbocycles. The monoisotopic (exact) mass is 319 g/mol. The molecule has 1 fully saturated rings. The van der Waals surface area contributed by atoms with E-state index in [1.807, 2.05) is 6.92 Å². The highest BCUT2D eigenvalue weighted by molar-refractivity contribution is 9.10. The maximum Gasteiger partial charge on any atom is 0.137 e. The van der Waals surface area contributed by atoms with Crippen molar-refractivity contribution in [2.45, 2.75) is 25.5 Å². The number of hydrogen-bond acceptors (Lipinski definition) is 2. The van der Waals surface area contributed by atoms with Crippen molar-refractivity contribution in [2.75, 3.05) is 13.7 Å². The van der Waals surface area contributed by atoms with Crippen LogP contribution < -0.4 is 5.32 Å². The van der Waals surface area contributed by atoms with Gasteiger partial charge in [0.25, 0.3) is 0 Å². The summed E-state index contributed by atoms with van der Waals surface area (Å²) in [5, 5.41) is 3.07. The van der Waals surface area contributed by atoms with Crippen LogP contribution in [0, 0.1) is 17.6 Å². The second kappa shape index (κ2) is 5.63. The molecule has 1 aromatic rings. The lowest BCUT2D eigenvalue weighted by atomic mass is 9.91. The predicted molar refractivity (Wildman–Crippen MR) is 69.4 cm³/mol. The normalized spacial score (nSPS) is 25.4. The van der Waals surface area contributed by atoms with Gasteiger partial charge < -0.3 is 10.1 Å². The van der Waals surface area contributed by atoms with E-state index in [2.05, 4.69) is 21.2 Å². The topological polar surface area (TPSA) is 21.3 Å². The van der Waals surface area contributed by atoms with Crippen molar-refractivity contribution in [3.05, 3.63) is 33.8 Å². The van der Waals surface area contributed by atoms with Gasteiger partial charge in [0, 0.05) is 17.5 Å². The predicted octanol–water partition coefficient (Wildman–Crippen LogP) is 3.41. The van der Waals surface area contributed by atoms with E-state index in [9.17, 15) is 8.78 Å². The molecule has 0 saturated carbocycles. The van der Waals surface area contributed by atoms with Gasteiger partial charge in [-0.1, -0.05) is 0 Å². The summed E-state index contributed by atoms with van der Waals surface area (Å²) in [7, 11) is 1.76. The molecule has 0 aromatic heterocycles. The molecule has 5 heteroatoms. The number of benzene rings is 1. The Hall–Kier alpha value is -0.520. The highest BCUT2D eigenvalue weighted by Gasteiger charge is 2.31. The fraction of sp³-hybridized carbons (Fsp3) is 0.538. The first-order valence-corrected chi connectivity index (χ1v) is 6.75. The Bertz CT molecular complexity index is 441. The SMILES string of the molecule is CNC(c1cc(F)c(Br)cc1F)C1COC(C)C1. The molecule has 1 aliphatic rings. The second-order valence-electron chi connectivity index (χ2n) is 4.69. The zero-order valence-electron chi connectivity index (χ0n) is 10.3. The van der Waals surface area contributed by atoms with Gasteiger partial charge in [-0.25, -0.2) is 8.78 Å². The van der Waals surface area contributed by atoms with Crippen LogP contribution in [0.3, 0.4) is 0 Å². The third-order valence-corrected chi connectivity index (χ3v) is 3.99. The highest BCUT2D eigenvalue weighted by atomic mass is 79.9. The molecule has 3 atom stereocenters. The van der Waals surface area contributed by atoms with Crippen LogP contribution >= 0.6 is 15.9 Å². The van der Waals surface area contributed by atoms with Gasteiger partial charge in [0.15, 0.2) is 0 Å². The van der Waals surface area contributed by atoms with Crippen molar-refractivity contribution >= 4 is 15.9 Å². The van der Waals surface area contributed by atoms with Crippen LogP contribution in [-0.4, -0.2) is 19.8 Å². The van der Waals surface area contributed by atoms with E-state index >= 15 is 0 Å². The molecule has 0 aliphatic carbocycles. The van der Waals surface area contributed by atoms with Crippen LogP contribution in [0.2, 0.25) is 0 Å². The maximum atomic E-state index is 13.9. The molecule has 18 heavy (non-hydrogen) atoms. The second-order valence-corrected chi connectivity index (χ2v) is 5.55. The highest BCUT2D eigenvalue weighted by Crippen LogP contribution is 2.34. The number of nitrogens with one attached hydrogen (secondary N) is 1. The molecule has 3 unspecified atom stereocenters. The van der Waals surface area contributed by atoms with Crippen molar-refractivity contribution < 1.29 is 13.5 Å². The van der Waals surface area contributed by atoms with Crippen LogP contribution in [0.15, 0.2) is 16.6 Å². The summed E-state index contributed by atoms with van der Waals surface area (Å²) in [6.07, 6.45) is 1.03. The first-order chi connectivity index (χ1) is 8.52. The summed E-state index contributed by atoms with van der Waals surface area (Å²) in [5.41, 5.74) is 0.362. The largest absolute Gasteiger partial charge is 0.378 e. The van der Waals surface area contributed by atoms with E-state index in [0.29, 0.717) is 12.2 Å². The van der Waals surface area contributed by atoms with Gasteiger partial charge in [0.2, 0.25) is 0 Å². The van der Waals surface area contributed by atoms with Crippen LogP contribution in [0.4, 0.5) is 8.78 Å². The van der Waals surface area contributed by atoms with Gasteiger partial charge in [-0.15, -0.1) is 0 Å². The fourth-order valence-corrected chi connectivity index (χ4v) is 2.82. The summed E-state index contributed by atoms with van der Waals surface area (Å²) in [6, 6.07) is 2.20. The molecule has 2 rings (SSSR count). The average Bonchev–Trinajstić information content (AvgIpc) is 2.73. The zero-order valence-corrected chi connectivity index (χ0v) is 11.9. The molecule has 0 spiro atoms. The van der Waals surface area contributed by atoms with Crippen LogP contribution in [-0.2, 0) is 4.74 Å². The quantitative estimate of drug-likeness (QED) is 0.862. The lowest BCUT2D eigenvalue weighted by Crippen LogP contribution is -2.26. The molecular formula is C13H16BrF2NO. The Morgan fingerprint density at radius 3 is 2.67 bits per heavy atom. The minimum atomic E-state index is -0.446. The first-order valence-electron chi connectivity index (χ1n) is 5.96. The van der Waals surface area contributed by atoms with E-state index in [4.69, 9.17) is 4.74 Å². The van der Waals surface area contributed by atoms with Crippen LogP contribution in [0.25, 0.3) is 0 Å². The van der Waals surface area contributed by atoms with Gasteiger partial charge in [-0.2, -0.15) is 0 Å². The average molecular weight is 320 g/mol. The molecule has 1 heterocycles. The summed E-state index contributed by atoms with van der Waals surface area (Å²) < 4.78 is 33.1. The standard InChI is InChI=1S/C13H16BrF2NO/c1-7-3-8(6-18-7)13(17-2)9-4-12(16)10(14)5-11(9)15/h4-5,7-8,13,17H,3,6H2,1-2H3. The third kappa shape index (κ3) is 2.73. The molecule has 1 aliphatic heterocycles. The molecule has 0 amide bonds. The molecule has 100 valence electrons. The Labute approximate surface area is 114 Å². The molecule has 1 N–H and O–H groups in total. The van der Waals surface area contributed by atoms with Gasteiger partial charge in [-0.05, 0) is 48.5 Å². The maximum absolute atomic E-state index is 13.9. The van der Waals surface area contributed by atoms with Crippen molar-refractivity contribution in [1.29, 1.82) is 0 Å². The van der Waals surface area contributed by atoms with Crippen LogP contribution in [0.5, 0.6) is 0 Å². The summed E-state index contributed by atoms with van der Waals surface area (Å²) in [5.74, 6) is -0.680. The summed E-state index contributed by atoms with van der Waals surface area (Å²) in [4.78, 5) is 0. The molecule has 0 radical (unpaired) electrons. The summed E-state index contributed by atoms with van der Waals surface area (Å²) in [6.45, 7) is 2.56. The van der Waals surface area contributed by atoms with Crippen LogP contribution in [0.1, 0.15) is 24.9 Å². The third-order valence-electron chi connectivity index (χ3n) is 3.39. The fourth-order valence-electron chi connectivity index (χ4n) is 2.50. The van der Waals surface area contributed by atoms with E-state index in [1.165, 1.54) is 12.1 Å². The molecule has 1 saturated heterocycles. The number of ether oxygens (including phenoxy) is 1. The Morgan fingerprint density at radius 1 is 1.39 bits per heavy atom. The Balaban J connectivity index is 2.30. The number of halogens is 3. The van der Waals surface area contributed by atoms with E-state index in [1.54, 1.807) is 7.05 Å². The Morgan fingerprint density at radius 2 is 2.11 bits per heavy atom. The summed E-state index contributed by atoms with van der Waals surface area (Å²) >= 11 is 2.98. The zero-order chi connectivity index (χ0) is 13.3. The van der Waals surface area contributed by atoms with E-state index in [-0.39, 0.29) is 22.5 Å². The minimum Gasteiger partial charge on any atom is -0.378 e.